The van der Waals surface area contributed by atoms with Gasteiger partial charge in [0, 0.05) is 12.8 Å². The van der Waals surface area contributed by atoms with E-state index in [4.69, 9.17) is 10.2 Å². The number of benzene rings is 2. The van der Waals surface area contributed by atoms with Crippen molar-refractivity contribution < 1.29 is 19.1 Å². The molecule has 0 spiro atoms. The molecular weight excluding hydrogens is 336 g/mol. The van der Waals surface area contributed by atoms with Crippen LogP contribution in [0, 0.1) is 0 Å². The van der Waals surface area contributed by atoms with Gasteiger partial charge in [-0.1, -0.05) is 12.1 Å². The molecule has 0 aliphatic carbocycles. The van der Waals surface area contributed by atoms with E-state index in [1.165, 1.54) is 12.1 Å². The van der Waals surface area contributed by atoms with Gasteiger partial charge in [0.25, 0.3) is 11.8 Å². The minimum Gasteiger partial charge on any atom is -0.507 e. The largest absolute Gasteiger partial charge is 0.507 e. The van der Waals surface area contributed by atoms with E-state index in [0.29, 0.717) is 28.8 Å². The summed E-state index contributed by atoms with van der Waals surface area (Å²) < 4.78 is 5.62. The highest BCUT2D eigenvalue weighted by molar-refractivity contribution is 6.09. The number of carbonyl (C=O) groups is 2. The molecule has 0 unspecified atom stereocenters. The molecule has 2 amide bonds. The minimum atomic E-state index is -0.743. The molecule has 0 saturated heterocycles. The van der Waals surface area contributed by atoms with E-state index in [1.807, 2.05) is 12.1 Å². The van der Waals surface area contributed by atoms with Gasteiger partial charge in [-0.25, -0.2) is 0 Å². The molecule has 2 heterocycles. The number of phenols is 1. The lowest BCUT2D eigenvalue weighted by Crippen LogP contribution is -2.32. The molecule has 0 bridgehead atoms. The Labute approximate surface area is 147 Å². The van der Waals surface area contributed by atoms with Gasteiger partial charge in [0.2, 0.25) is 0 Å². The lowest BCUT2D eigenvalue weighted by Gasteiger charge is -2.20. The fraction of sp³-hybridized carbons (Fsp3) is 0.111. The van der Waals surface area contributed by atoms with Gasteiger partial charge in [0.1, 0.15) is 11.3 Å². The summed E-state index contributed by atoms with van der Waals surface area (Å²) in [6, 6.07) is 11.7. The van der Waals surface area contributed by atoms with Crippen molar-refractivity contribution in [1.29, 1.82) is 0 Å². The van der Waals surface area contributed by atoms with Gasteiger partial charge in [-0.3, -0.25) is 9.59 Å². The van der Waals surface area contributed by atoms with Crippen LogP contribution in [0.3, 0.4) is 0 Å². The number of hydrogen-bond acceptors (Lipinski definition) is 6. The number of nitrogens with two attached hydrogens (primary N) is 1. The maximum Gasteiger partial charge on any atom is 0.327 e. The maximum atomic E-state index is 12.3. The highest BCUT2D eigenvalue weighted by Crippen LogP contribution is 2.27. The van der Waals surface area contributed by atoms with E-state index >= 15 is 0 Å². The second-order valence-electron chi connectivity index (χ2n) is 5.81. The molecule has 3 aromatic rings. The van der Waals surface area contributed by atoms with E-state index in [-0.39, 0.29) is 29.7 Å². The van der Waals surface area contributed by atoms with Crippen molar-refractivity contribution in [1.82, 2.24) is 4.98 Å². The van der Waals surface area contributed by atoms with Crippen LogP contribution in [0.2, 0.25) is 0 Å². The molecule has 0 fully saturated rings. The second-order valence-corrected chi connectivity index (χ2v) is 5.81. The summed E-state index contributed by atoms with van der Waals surface area (Å²) in [7, 11) is 0. The molecule has 0 saturated carbocycles. The van der Waals surface area contributed by atoms with Gasteiger partial charge in [-0.15, -0.1) is 5.01 Å². The third-order valence-electron chi connectivity index (χ3n) is 4.09. The van der Waals surface area contributed by atoms with Crippen LogP contribution in [0.15, 0.2) is 52.0 Å². The average Bonchev–Trinajstić information content (AvgIpc) is 3.06. The standard InChI is InChI=1S/C18H14N4O4/c19-17(25)11-9-10(5-7-14(11)23)12-6-8-16(24)22(21-12)18-20-13-3-1-2-4-15(13)26-18/h1-5,7,9,23H,6,8H2,(H2,19,25). The van der Waals surface area contributed by atoms with Crippen LogP contribution in [0.5, 0.6) is 5.75 Å². The number of hydrogen-bond donors (Lipinski definition) is 2. The molecule has 26 heavy (non-hydrogen) atoms. The van der Waals surface area contributed by atoms with Crippen molar-refractivity contribution in [3.8, 4) is 5.75 Å². The van der Waals surface area contributed by atoms with E-state index in [0.717, 1.165) is 5.01 Å². The first-order chi connectivity index (χ1) is 12.5. The molecule has 3 N–H and O–H groups in total. The van der Waals surface area contributed by atoms with Crippen LogP contribution >= 0.6 is 0 Å². The molecule has 0 atom stereocenters. The first-order valence-corrected chi connectivity index (χ1v) is 7.92. The number of primary amides is 1. The summed E-state index contributed by atoms with van der Waals surface area (Å²) in [5.41, 5.74) is 7.59. The second kappa shape index (κ2) is 5.99. The molecular formula is C18H14N4O4. The lowest BCUT2D eigenvalue weighted by molar-refractivity contribution is -0.119. The van der Waals surface area contributed by atoms with E-state index in [2.05, 4.69) is 10.1 Å². The zero-order chi connectivity index (χ0) is 18.3. The Morgan fingerprint density at radius 1 is 1.19 bits per heavy atom. The quantitative estimate of drug-likeness (QED) is 0.749. The minimum absolute atomic E-state index is 0.00416. The summed E-state index contributed by atoms with van der Waals surface area (Å²) in [6.07, 6.45) is 0.600. The number of amides is 2. The van der Waals surface area contributed by atoms with Gasteiger partial charge in [-0.05, 0) is 35.9 Å². The number of rotatable bonds is 3. The number of oxazole rings is 1. The van der Waals surface area contributed by atoms with Crippen LogP contribution in [0.4, 0.5) is 6.01 Å². The fourth-order valence-corrected chi connectivity index (χ4v) is 2.77. The van der Waals surface area contributed by atoms with Gasteiger partial charge in [0.15, 0.2) is 5.58 Å². The number of nitrogens with zero attached hydrogens (tertiary/aromatic N) is 3. The number of aromatic hydroxyl groups is 1. The van der Waals surface area contributed by atoms with Crippen LogP contribution in [0.25, 0.3) is 11.1 Å². The van der Waals surface area contributed by atoms with Gasteiger partial charge in [0.05, 0.1) is 11.3 Å². The van der Waals surface area contributed by atoms with Crippen molar-refractivity contribution in [2.24, 2.45) is 10.8 Å². The summed E-state index contributed by atoms with van der Waals surface area (Å²) >= 11 is 0. The van der Waals surface area contributed by atoms with E-state index < -0.39 is 5.91 Å². The highest BCUT2D eigenvalue weighted by Gasteiger charge is 2.27. The summed E-state index contributed by atoms with van der Waals surface area (Å²) in [5, 5.41) is 15.2. The van der Waals surface area contributed by atoms with Crippen molar-refractivity contribution in [2.45, 2.75) is 12.8 Å². The topological polar surface area (TPSA) is 122 Å². The van der Waals surface area contributed by atoms with Crippen LogP contribution < -0.4 is 10.7 Å². The number of hydrazone groups is 1. The predicted molar refractivity (Wildman–Crippen MR) is 93.9 cm³/mol. The Kier molecular flexibility index (Phi) is 3.65. The average molecular weight is 350 g/mol. The Morgan fingerprint density at radius 3 is 2.77 bits per heavy atom. The van der Waals surface area contributed by atoms with Gasteiger partial charge < -0.3 is 15.3 Å². The van der Waals surface area contributed by atoms with E-state index in [9.17, 15) is 14.7 Å². The molecule has 8 nitrogen and oxygen atoms in total. The third kappa shape index (κ3) is 2.67. The normalized spacial score (nSPS) is 14.5. The molecule has 130 valence electrons. The summed E-state index contributed by atoms with van der Waals surface area (Å²) in [5.74, 6) is -1.19. The molecule has 1 aromatic heterocycles. The number of para-hydroxylation sites is 2. The van der Waals surface area contributed by atoms with Crippen LogP contribution in [-0.2, 0) is 4.79 Å². The zero-order valence-corrected chi connectivity index (χ0v) is 13.5. The zero-order valence-electron chi connectivity index (χ0n) is 13.5. The SMILES string of the molecule is NC(=O)c1cc(C2=NN(c3nc4ccccc4o3)C(=O)CC2)ccc1O. The molecule has 4 rings (SSSR count). The Morgan fingerprint density at radius 2 is 2.00 bits per heavy atom. The first-order valence-electron chi connectivity index (χ1n) is 7.92. The maximum absolute atomic E-state index is 12.3. The number of fused-ring (bicyclic) bond motifs is 1. The number of aromatic nitrogens is 1. The lowest BCUT2D eigenvalue weighted by atomic mass is 10.0. The summed E-state index contributed by atoms with van der Waals surface area (Å²) in [6.45, 7) is 0. The van der Waals surface area contributed by atoms with Crippen LogP contribution in [0.1, 0.15) is 28.8 Å². The number of anilines is 1. The Bertz CT molecular complexity index is 1040. The Hall–Kier alpha value is -3.68. The third-order valence-corrected chi connectivity index (χ3v) is 4.09. The summed E-state index contributed by atoms with van der Waals surface area (Å²) in [4.78, 5) is 28.0. The van der Waals surface area contributed by atoms with Gasteiger partial charge >= 0.3 is 6.01 Å². The van der Waals surface area contributed by atoms with Crippen LogP contribution in [-0.4, -0.2) is 27.6 Å². The van der Waals surface area contributed by atoms with Crippen molar-refractivity contribution >= 4 is 34.6 Å². The Balaban J connectivity index is 1.76. The molecule has 8 heteroatoms. The monoisotopic (exact) mass is 350 g/mol. The van der Waals surface area contributed by atoms with Crippen molar-refractivity contribution in [3.05, 3.63) is 53.6 Å². The highest BCUT2D eigenvalue weighted by atomic mass is 16.4. The van der Waals surface area contributed by atoms with Crippen molar-refractivity contribution in [2.75, 3.05) is 5.01 Å². The fourth-order valence-electron chi connectivity index (χ4n) is 2.77. The van der Waals surface area contributed by atoms with E-state index in [1.54, 1.807) is 18.2 Å². The number of carbonyl (C=O) groups excluding carboxylic acids is 2. The predicted octanol–water partition coefficient (Wildman–Crippen LogP) is 2.16. The molecule has 1 aliphatic heterocycles. The molecule has 1 aliphatic rings. The first kappa shape index (κ1) is 15.8. The smallest absolute Gasteiger partial charge is 0.327 e. The molecule has 0 radical (unpaired) electrons. The van der Waals surface area contributed by atoms with Crippen molar-refractivity contribution in [3.63, 3.8) is 0 Å². The molecule has 2 aromatic carbocycles. The van der Waals surface area contributed by atoms with Gasteiger partial charge in [-0.2, -0.15) is 10.1 Å².